The van der Waals surface area contributed by atoms with E-state index in [2.05, 4.69) is 92.9 Å². The van der Waals surface area contributed by atoms with Gasteiger partial charge in [0.15, 0.2) is 35.7 Å². The van der Waals surface area contributed by atoms with E-state index in [0.29, 0.717) is 37.2 Å². The monoisotopic (exact) mass is 742 g/mol. The van der Waals surface area contributed by atoms with Crippen molar-refractivity contribution in [3.63, 3.8) is 0 Å². The van der Waals surface area contributed by atoms with E-state index in [9.17, 15) is 9.59 Å². The number of hydrogen-bond acceptors (Lipinski definition) is 8. The maximum Gasteiger partial charge on any atom is 0.347 e. The molecule has 0 radical (unpaired) electrons. The number of rotatable bonds is 13. The van der Waals surface area contributed by atoms with E-state index in [1.165, 1.54) is 0 Å². The van der Waals surface area contributed by atoms with Gasteiger partial charge < -0.3 is 27.8 Å². The number of cyclic esters (lactones) is 1. The number of methoxy groups -OCH3 is 1. The van der Waals surface area contributed by atoms with Crippen molar-refractivity contribution < 1.29 is 37.4 Å². The summed E-state index contributed by atoms with van der Waals surface area (Å²) in [7, 11) is -1.50. The zero-order chi connectivity index (χ0) is 37.9. The number of allylic oxidation sites excluding steroid dienone is 2. The number of esters is 2. The molecule has 0 amide bonds. The fraction of sp³-hybridized carbons (Fsp3) is 0.707. The molecular weight excluding hydrogens is 677 g/mol. The molecule has 51 heavy (non-hydrogen) atoms. The Bertz CT molecular complexity index is 1410. The van der Waals surface area contributed by atoms with Crippen molar-refractivity contribution in [1.29, 1.82) is 0 Å². The molecule has 8 nitrogen and oxygen atoms in total. The molecule has 9 atom stereocenters. The number of fused-ring (bicyclic) bond motifs is 1. The number of para-hydroxylation sites is 2. The van der Waals surface area contributed by atoms with Gasteiger partial charge in [0.2, 0.25) is 0 Å². The van der Waals surface area contributed by atoms with Crippen LogP contribution in [0.4, 0.5) is 0 Å². The van der Waals surface area contributed by atoms with Gasteiger partial charge in [-0.2, -0.15) is 0 Å². The summed E-state index contributed by atoms with van der Waals surface area (Å²) >= 11 is 0. The average molecular weight is 743 g/mol. The van der Waals surface area contributed by atoms with Gasteiger partial charge in [0.1, 0.15) is 18.3 Å². The Morgan fingerprint density at radius 1 is 1.00 bits per heavy atom. The van der Waals surface area contributed by atoms with Crippen LogP contribution in [-0.2, 0) is 27.9 Å². The molecule has 0 N–H and O–H groups in total. The lowest BCUT2D eigenvalue weighted by molar-refractivity contribution is -0.180. The minimum absolute atomic E-state index is 0.0381. The Morgan fingerprint density at radius 2 is 1.67 bits per heavy atom. The smallest absolute Gasteiger partial charge is 0.347 e. The molecule has 1 aromatic carbocycles. The van der Waals surface area contributed by atoms with Crippen molar-refractivity contribution in [2.75, 3.05) is 7.11 Å². The lowest BCUT2D eigenvalue weighted by atomic mass is 9.59. The third kappa shape index (κ3) is 9.78. The van der Waals surface area contributed by atoms with Gasteiger partial charge in [-0.25, -0.2) is 9.59 Å². The molecule has 0 spiro atoms. The van der Waals surface area contributed by atoms with Crippen molar-refractivity contribution in [1.82, 2.24) is 0 Å². The minimum Gasteiger partial charge on any atom is -0.493 e. The lowest BCUT2D eigenvalue weighted by Crippen LogP contribution is -2.58. The first-order valence-electron chi connectivity index (χ1n) is 19.2. The SMILES string of the molecule is CCC(Oc1ccccc1OC)C(=O)O[C@H]1C[C@H](C(C)(C)C)C=C2C=C[C@H](C)[C@](CC[C@@H]3C[C@H](C(C)(C)C)C(O[SiH](C)C)C(=O)O3)(O[SiH](C)C)[C@H]21. The summed E-state index contributed by atoms with van der Waals surface area (Å²) in [5.41, 5.74) is 0.369. The Hall–Kier alpha value is -2.41. The van der Waals surface area contributed by atoms with Crippen LogP contribution in [-0.4, -0.2) is 67.1 Å². The van der Waals surface area contributed by atoms with Crippen molar-refractivity contribution >= 4 is 30.0 Å². The maximum atomic E-state index is 14.1. The normalized spacial score (nSPS) is 30.4. The van der Waals surface area contributed by atoms with E-state index in [0.717, 1.165) is 12.0 Å². The second kappa shape index (κ2) is 16.7. The quantitative estimate of drug-likeness (QED) is 0.147. The molecule has 1 fully saturated rings. The first-order chi connectivity index (χ1) is 23.8. The zero-order valence-corrected chi connectivity index (χ0v) is 35.9. The van der Waals surface area contributed by atoms with Crippen LogP contribution in [0.3, 0.4) is 0 Å². The van der Waals surface area contributed by atoms with E-state index in [-0.39, 0.29) is 52.5 Å². The first-order valence-corrected chi connectivity index (χ1v) is 24.8. The molecule has 10 heteroatoms. The molecule has 4 rings (SSSR count). The van der Waals surface area contributed by atoms with Crippen LogP contribution in [0.1, 0.15) is 87.5 Å². The van der Waals surface area contributed by atoms with Crippen molar-refractivity contribution in [3.8, 4) is 11.5 Å². The van der Waals surface area contributed by atoms with E-state index >= 15 is 0 Å². The average Bonchev–Trinajstić information content (AvgIpc) is 3.03. The van der Waals surface area contributed by atoms with Crippen molar-refractivity contribution in [2.24, 2.45) is 34.5 Å². The number of carbonyl (C=O) groups excluding carboxylic acids is 2. The zero-order valence-electron chi connectivity index (χ0n) is 33.6. The maximum absolute atomic E-state index is 14.1. The molecule has 1 heterocycles. The molecular formula is C41H66O8Si2. The number of carbonyl (C=O) groups is 2. The third-order valence-corrected chi connectivity index (χ3v) is 12.8. The van der Waals surface area contributed by atoms with Gasteiger partial charge in [-0.05, 0) is 92.7 Å². The molecule has 3 aliphatic rings. The summed E-state index contributed by atoms with van der Waals surface area (Å²) in [6.45, 7) is 26.1. The van der Waals surface area contributed by atoms with Gasteiger partial charge in [-0.3, -0.25) is 0 Å². The Labute approximate surface area is 311 Å². The van der Waals surface area contributed by atoms with Gasteiger partial charge in [-0.1, -0.05) is 85.8 Å². The number of benzene rings is 1. The van der Waals surface area contributed by atoms with Crippen LogP contribution >= 0.6 is 0 Å². The highest BCUT2D eigenvalue weighted by atomic mass is 28.3. The fourth-order valence-electron chi connectivity index (χ4n) is 8.30. The van der Waals surface area contributed by atoms with E-state index in [1.807, 2.05) is 31.2 Å². The van der Waals surface area contributed by atoms with Crippen LogP contribution in [0, 0.1) is 34.5 Å². The molecule has 1 saturated heterocycles. The van der Waals surface area contributed by atoms with Crippen LogP contribution in [0.5, 0.6) is 11.5 Å². The highest BCUT2D eigenvalue weighted by Crippen LogP contribution is 2.53. The molecule has 1 aromatic rings. The summed E-state index contributed by atoms with van der Waals surface area (Å²) in [5, 5.41) is 0. The van der Waals surface area contributed by atoms with E-state index in [4.69, 9.17) is 27.8 Å². The molecule has 2 unspecified atom stereocenters. The van der Waals surface area contributed by atoms with Crippen molar-refractivity contribution in [2.45, 2.75) is 144 Å². The summed E-state index contributed by atoms with van der Waals surface area (Å²) in [6, 6.07) is 7.38. The highest BCUT2D eigenvalue weighted by Gasteiger charge is 2.55. The summed E-state index contributed by atoms with van der Waals surface area (Å²) < 4.78 is 38.1. The second-order valence-corrected chi connectivity index (χ2v) is 22.4. The van der Waals surface area contributed by atoms with Gasteiger partial charge in [-0.15, -0.1) is 0 Å². The first kappa shape index (κ1) is 41.4. The predicted molar refractivity (Wildman–Crippen MR) is 208 cm³/mol. The summed E-state index contributed by atoms with van der Waals surface area (Å²) in [5.74, 6) is 0.578. The molecule has 0 saturated carbocycles. The van der Waals surface area contributed by atoms with Crippen LogP contribution < -0.4 is 9.47 Å². The van der Waals surface area contributed by atoms with Crippen molar-refractivity contribution in [3.05, 3.63) is 48.1 Å². The van der Waals surface area contributed by atoms with Gasteiger partial charge in [0.05, 0.1) is 12.7 Å². The molecule has 1 aliphatic heterocycles. The van der Waals surface area contributed by atoms with Crippen LogP contribution in [0.15, 0.2) is 48.1 Å². The van der Waals surface area contributed by atoms with Gasteiger partial charge in [0.25, 0.3) is 0 Å². The second-order valence-electron chi connectivity index (χ2n) is 17.7. The molecule has 0 aromatic heterocycles. The molecule has 2 aliphatic carbocycles. The third-order valence-electron chi connectivity index (χ3n) is 11.1. The van der Waals surface area contributed by atoms with E-state index in [1.54, 1.807) is 7.11 Å². The Morgan fingerprint density at radius 3 is 2.24 bits per heavy atom. The Balaban J connectivity index is 1.69. The lowest BCUT2D eigenvalue weighted by Gasteiger charge is -2.54. The molecule has 0 bridgehead atoms. The standard InChI is InChI=1S/C41H66O8Si2/c1-14-31(46-33-18-16-15-17-32(33)44-9)37(42)47-34-24-28(39(3,4)5)23-27-20-19-26(2)41(35(27)34,49-51(12)13)22-21-29-25-30(40(6,7)8)36(38(43)45-29)48-50(10)11/h15-20,23,26,28-31,34-36,50-51H,14,21-22,24-25H2,1-13H3/t26-,28+,29+,30-,31?,34-,35+,36?,41-/m0/s1. The summed E-state index contributed by atoms with van der Waals surface area (Å²) in [6.07, 6.45) is 8.11. The minimum atomic E-state index is -1.63. The number of ether oxygens (including phenoxy) is 4. The largest absolute Gasteiger partial charge is 0.493 e. The van der Waals surface area contributed by atoms with Crippen LogP contribution in [0.25, 0.3) is 0 Å². The molecule has 286 valence electrons. The van der Waals surface area contributed by atoms with E-state index < -0.39 is 42.0 Å². The topological polar surface area (TPSA) is 89.5 Å². The fourth-order valence-corrected chi connectivity index (χ4v) is 10.5. The predicted octanol–water partition coefficient (Wildman–Crippen LogP) is 8.44. The summed E-state index contributed by atoms with van der Waals surface area (Å²) in [4.78, 5) is 27.7. The van der Waals surface area contributed by atoms with Gasteiger partial charge in [0, 0.05) is 17.8 Å². The van der Waals surface area contributed by atoms with Crippen LogP contribution in [0.2, 0.25) is 26.2 Å². The highest BCUT2D eigenvalue weighted by molar-refractivity contribution is 6.49. The Kier molecular flexibility index (Phi) is 13.6. The number of hydrogen-bond donors (Lipinski definition) is 0. The van der Waals surface area contributed by atoms with Gasteiger partial charge >= 0.3 is 11.9 Å².